The monoisotopic (exact) mass is 328 g/mol. The Labute approximate surface area is 130 Å². The summed E-state index contributed by atoms with van der Waals surface area (Å²) < 4.78 is 41.3. The van der Waals surface area contributed by atoms with Gasteiger partial charge in [0.15, 0.2) is 5.82 Å². The summed E-state index contributed by atoms with van der Waals surface area (Å²) in [6, 6.07) is 6.28. The second-order valence-corrected chi connectivity index (χ2v) is 5.14. The Bertz CT molecular complexity index is 665. The quantitative estimate of drug-likeness (QED) is 0.903. The molecule has 0 aliphatic rings. The van der Waals surface area contributed by atoms with Crippen LogP contribution in [0.5, 0.6) is 0 Å². The molecular formula is C14H15F3N4O2. The van der Waals surface area contributed by atoms with E-state index in [-0.39, 0.29) is 24.3 Å². The van der Waals surface area contributed by atoms with Crippen LogP contribution in [0.4, 0.5) is 23.7 Å². The molecule has 0 saturated heterocycles. The molecule has 1 aromatic carbocycles. The van der Waals surface area contributed by atoms with Gasteiger partial charge in [0.05, 0.1) is 0 Å². The number of rotatable bonds is 4. The lowest BCUT2D eigenvalue weighted by Gasteiger charge is -2.10. The van der Waals surface area contributed by atoms with E-state index in [1.54, 1.807) is 24.3 Å². The number of carbonyl (C=O) groups excluding carboxylic acids is 1. The Kier molecular flexibility index (Phi) is 4.87. The Morgan fingerprint density at radius 2 is 1.91 bits per heavy atom. The number of anilines is 1. The van der Waals surface area contributed by atoms with Crippen molar-refractivity contribution >= 4 is 11.7 Å². The number of hydrogen-bond acceptors (Lipinski definition) is 4. The minimum atomic E-state index is -4.65. The molecule has 2 amide bonds. The van der Waals surface area contributed by atoms with Gasteiger partial charge in [-0.2, -0.15) is 18.2 Å². The van der Waals surface area contributed by atoms with Gasteiger partial charge in [-0.3, -0.25) is 0 Å². The van der Waals surface area contributed by atoms with Gasteiger partial charge in [0.1, 0.15) is 0 Å². The summed E-state index contributed by atoms with van der Waals surface area (Å²) in [5.41, 5.74) is 1.25. The second-order valence-electron chi connectivity index (χ2n) is 5.14. The van der Waals surface area contributed by atoms with Crippen LogP contribution in [0.3, 0.4) is 0 Å². The molecule has 6 nitrogen and oxygen atoms in total. The van der Waals surface area contributed by atoms with Gasteiger partial charge in [0, 0.05) is 18.2 Å². The summed E-state index contributed by atoms with van der Waals surface area (Å²) in [6.45, 7) is 3.67. The lowest BCUT2D eigenvalue weighted by atomic mass is 10.1. The zero-order valence-electron chi connectivity index (χ0n) is 12.4. The van der Waals surface area contributed by atoms with Crippen LogP contribution >= 0.6 is 0 Å². The molecule has 0 radical (unpaired) electrons. The molecule has 9 heteroatoms. The molecule has 0 atom stereocenters. The van der Waals surface area contributed by atoms with Crippen molar-refractivity contribution in [3.8, 4) is 0 Å². The number of alkyl halides is 3. The fourth-order valence-corrected chi connectivity index (χ4v) is 1.76. The lowest BCUT2D eigenvalue weighted by molar-refractivity contribution is -0.159. The van der Waals surface area contributed by atoms with Crippen molar-refractivity contribution in [1.29, 1.82) is 0 Å². The highest BCUT2D eigenvalue weighted by Gasteiger charge is 2.38. The number of urea groups is 1. The normalized spacial score (nSPS) is 11.6. The summed E-state index contributed by atoms with van der Waals surface area (Å²) in [5, 5.41) is 8.61. The van der Waals surface area contributed by atoms with Crippen LogP contribution in [0.2, 0.25) is 0 Å². The fraction of sp³-hybridized carbons (Fsp3) is 0.357. The Hall–Kier alpha value is -2.58. The minimum Gasteiger partial charge on any atom is -0.336 e. The molecule has 2 N–H and O–H groups in total. The highest BCUT2D eigenvalue weighted by molar-refractivity contribution is 5.89. The van der Waals surface area contributed by atoms with Crippen LogP contribution < -0.4 is 10.6 Å². The molecule has 124 valence electrons. The maximum atomic E-state index is 12.4. The first kappa shape index (κ1) is 16.8. The number of halogens is 3. The summed E-state index contributed by atoms with van der Waals surface area (Å²) in [7, 11) is 0. The summed E-state index contributed by atoms with van der Waals surface area (Å²) >= 11 is 0. The van der Waals surface area contributed by atoms with Gasteiger partial charge < -0.3 is 15.2 Å². The highest BCUT2D eigenvalue weighted by Crippen LogP contribution is 2.27. The van der Waals surface area contributed by atoms with Crippen molar-refractivity contribution in [2.45, 2.75) is 32.5 Å². The van der Waals surface area contributed by atoms with Crippen molar-refractivity contribution in [2.24, 2.45) is 0 Å². The van der Waals surface area contributed by atoms with E-state index in [4.69, 9.17) is 0 Å². The number of aromatic nitrogens is 2. The van der Waals surface area contributed by atoms with E-state index in [9.17, 15) is 18.0 Å². The number of benzene rings is 1. The standard InChI is InChI=1S/C14H15F3N4O2/c1-8(2)18-13(22)19-10-5-3-9(4-6-10)7-11-20-12(23-21-11)14(15,16)17/h3-6,8H,7H2,1-2H3,(H2,18,19,22). The molecule has 1 heterocycles. The van der Waals surface area contributed by atoms with Crippen molar-refractivity contribution in [2.75, 3.05) is 5.32 Å². The highest BCUT2D eigenvalue weighted by atomic mass is 19.4. The zero-order chi connectivity index (χ0) is 17.0. The van der Waals surface area contributed by atoms with Crippen molar-refractivity contribution in [3.05, 3.63) is 41.5 Å². The SMILES string of the molecule is CC(C)NC(=O)Nc1ccc(Cc2noc(C(F)(F)F)n2)cc1. The zero-order valence-corrected chi connectivity index (χ0v) is 12.4. The molecule has 0 unspecified atom stereocenters. The molecular weight excluding hydrogens is 313 g/mol. The lowest BCUT2D eigenvalue weighted by Crippen LogP contribution is -2.34. The van der Waals surface area contributed by atoms with E-state index in [1.807, 2.05) is 13.8 Å². The Morgan fingerprint density at radius 3 is 2.43 bits per heavy atom. The third-order valence-electron chi connectivity index (χ3n) is 2.70. The van der Waals surface area contributed by atoms with Crippen molar-refractivity contribution in [3.63, 3.8) is 0 Å². The molecule has 0 spiro atoms. The predicted molar refractivity (Wildman–Crippen MR) is 75.8 cm³/mol. The number of carbonyl (C=O) groups is 1. The topological polar surface area (TPSA) is 80.0 Å². The van der Waals surface area contributed by atoms with Crippen LogP contribution in [0.15, 0.2) is 28.8 Å². The largest absolute Gasteiger partial charge is 0.471 e. The van der Waals surface area contributed by atoms with E-state index in [2.05, 4.69) is 25.3 Å². The number of nitrogens with one attached hydrogen (secondary N) is 2. The van der Waals surface area contributed by atoms with Crippen LogP contribution in [-0.2, 0) is 12.6 Å². The number of hydrogen-bond donors (Lipinski definition) is 2. The maximum absolute atomic E-state index is 12.4. The van der Waals surface area contributed by atoms with Gasteiger partial charge in [0.2, 0.25) is 0 Å². The molecule has 2 aromatic rings. The molecule has 0 fully saturated rings. The number of amides is 2. The van der Waals surface area contributed by atoms with Gasteiger partial charge in [-0.05, 0) is 31.5 Å². The molecule has 0 bridgehead atoms. The summed E-state index contributed by atoms with van der Waals surface area (Å²) in [4.78, 5) is 14.8. The molecule has 23 heavy (non-hydrogen) atoms. The van der Waals surface area contributed by atoms with E-state index in [0.29, 0.717) is 11.3 Å². The molecule has 2 rings (SSSR count). The van der Waals surface area contributed by atoms with E-state index in [0.717, 1.165) is 0 Å². The van der Waals surface area contributed by atoms with Gasteiger partial charge in [0.25, 0.3) is 0 Å². The van der Waals surface area contributed by atoms with Crippen LogP contribution in [0, 0.1) is 0 Å². The van der Waals surface area contributed by atoms with E-state index < -0.39 is 12.1 Å². The van der Waals surface area contributed by atoms with Crippen LogP contribution in [0.25, 0.3) is 0 Å². The van der Waals surface area contributed by atoms with Crippen LogP contribution in [-0.4, -0.2) is 22.2 Å². The second kappa shape index (κ2) is 6.67. The smallest absolute Gasteiger partial charge is 0.336 e. The average Bonchev–Trinajstić information content (AvgIpc) is 2.88. The van der Waals surface area contributed by atoms with Crippen molar-refractivity contribution < 1.29 is 22.5 Å². The average molecular weight is 328 g/mol. The predicted octanol–water partition coefficient (Wildman–Crippen LogP) is 3.21. The van der Waals surface area contributed by atoms with Gasteiger partial charge in [-0.15, -0.1) is 0 Å². The third kappa shape index (κ3) is 4.97. The molecule has 0 saturated carbocycles. The Morgan fingerprint density at radius 1 is 1.26 bits per heavy atom. The van der Waals surface area contributed by atoms with Crippen molar-refractivity contribution in [1.82, 2.24) is 15.5 Å². The molecule has 1 aromatic heterocycles. The summed E-state index contributed by atoms with van der Waals surface area (Å²) in [6.07, 6.45) is -4.55. The molecule has 0 aliphatic heterocycles. The fourth-order valence-electron chi connectivity index (χ4n) is 1.76. The summed E-state index contributed by atoms with van der Waals surface area (Å²) in [5.74, 6) is -1.42. The first-order valence-electron chi connectivity index (χ1n) is 6.80. The maximum Gasteiger partial charge on any atom is 0.471 e. The number of nitrogens with zero attached hydrogens (tertiary/aromatic N) is 2. The molecule has 0 aliphatic carbocycles. The van der Waals surface area contributed by atoms with E-state index in [1.165, 1.54) is 0 Å². The van der Waals surface area contributed by atoms with Gasteiger partial charge in [-0.25, -0.2) is 4.79 Å². The van der Waals surface area contributed by atoms with Gasteiger partial charge in [-0.1, -0.05) is 17.3 Å². The minimum absolute atomic E-state index is 0.00958. The van der Waals surface area contributed by atoms with Gasteiger partial charge >= 0.3 is 18.1 Å². The first-order chi connectivity index (χ1) is 10.7. The van der Waals surface area contributed by atoms with E-state index >= 15 is 0 Å². The third-order valence-corrected chi connectivity index (χ3v) is 2.70. The Balaban J connectivity index is 1.97. The van der Waals surface area contributed by atoms with Crippen LogP contribution in [0.1, 0.15) is 31.1 Å². The first-order valence-corrected chi connectivity index (χ1v) is 6.80.